The molecule has 1 aromatic carbocycles. The number of nitrogens with zero attached hydrogens (tertiary/aromatic N) is 2. The summed E-state index contributed by atoms with van der Waals surface area (Å²) in [4.78, 5) is 26.5. The van der Waals surface area contributed by atoms with Crippen LogP contribution in [0.25, 0.3) is 0 Å². The fourth-order valence-electron chi connectivity index (χ4n) is 2.54. The van der Waals surface area contributed by atoms with Gasteiger partial charge in [0.2, 0.25) is 5.91 Å². The van der Waals surface area contributed by atoms with Crippen LogP contribution in [0.1, 0.15) is 11.1 Å². The van der Waals surface area contributed by atoms with Crippen molar-refractivity contribution < 1.29 is 14.7 Å². The summed E-state index contributed by atoms with van der Waals surface area (Å²) in [5.74, 6) is -0.956. The van der Waals surface area contributed by atoms with Crippen molar-refractivity contribution in [2.75, 3.05) is 25.0 Å². The third-order valence-corrected chi connectivity index (χ3v) is 3.57. The molecule has 0 bridgehead atoms. The minimum atomic E-state index is -0.901. The van der Waals surface area contributed by atoms with Gasteiger partial charge in [0, 0.05) is 12.7 Å². The fourth-order valence-corrected chi connectivity index (χ4v) is 2.54. The highest BCUT2D eigenvalue weighted by molar-refractivity contribution is 5.89. The van der Waals surface area contributed by atoms with E-state index in [0.717, 1.165) is 16.8 Å². The first-order valence-electron chi connectivity index (χ1n) is 6.21. The molecule has 0 saturated carbocycles. The molecule has 1 unspecified atom stereocenters. The van der Waals surface area contributed by atoms with Crippen LogP contribution in [0.3, 0.4) is 0 Å². The van der Waals surface area contributed by atoms with E-state index in [1.165, 1.54) is 4.90 Å². The quantitative estimate of drug-likeness (QED) is 0.865. The summed E-state index contributed by atoms with van der Waals surface area (Å²) in [6.45, 7) is 4.19. The van der Waals surface area contributed by atoms with Crippen molar-refractivity contribution in [3.8, 4) is 0 Å². The Hall–Kier alpha value is -2.04. The number of aryl methyl sites for hydroxylation is 2. The van der Waals surface area contributed by atoms with Gasteiger partial charge in [0.05, 0.1) is 13.1 Å². The molecule has 1 aliphatic heterocycles. The number of hydrogen-bond donors (Lipinski definition) is 1. The Balaban J connectivity index is 2.45. The molecule has 19 heavy (non-hydrogen) atoms. The zero-order chi connectivity index (χ0) is 14.2. The molecule has 2 rings (SSSR count). The fraction of sp³-hybridized carbons (Fsp3) is 0.429. The smallest absolute Gasteiger partial charge is 0.328 e. The average molecular weight is 262 g/mol. The molecule has 1 amide bonds. The molecule has 1 atom stereocenters. The number of aliphatic carboxylic acids is 1. The van der Waals surface area contributed by atoms with E-state index in [4.69, 9.17) is 0 Å². The monoisotopic (exact) mass is 262 g/mol. The summed E-state index contributed by atoms with van der Waals surface area (Å²) in [6, 6.07) is 5.11. The Morgan fingerprint density at radius 1 is 1.32 bits per heavy atom. The highest BCUT2D eigenvalue weighted by atomic mass is 16.4. The third-order valence-electron chi connectivity index (χ3n) is 3.57. The number of piperazine rings is 1. The Bertz CT molecular complexity index is 507. The lowest BCUT2D eigenvalue weighted by Gasteiger charge is -2.40. The third kappa shape index (κ3) is 2.41. The number of para-hydroxylation sites is 1. The number of likely N-dealkylation sites (N-methyl/N-ethyl adjacent to an activating group) is 1. The van der Waals surface area contributed by atoms with Crippen molar-refractivity contribution in [1.82, 2.24) is 4.90 Å². The molecule has 5 heteroatoms. The molecule has 1 N–H and O–H groups in total. The van der Waals surface area contributed by atoms with Gasteiger partial charge in [0.1, 0.15) is 6.04 Å². The molecule has 1 saturated heterocycles. The predicted octanol–water partition coefficient (Wildman–Crippen LogP) is 1.04. The van der Waals surface area contributed by atoms with E-state index in [-0.39, 0.29) is 19.0 Å². The van der Waals surface area contributed by atoms with Crippen LogP contribution in [-0.4, -0.2) is 48.1 Å². The van der Waals surface area contributed by atoms with E-state index >= 15 is 0 Å². The summed E-state index contributed by atoms with van der Waals surface area (Å²) < 4.78 is 0. The first-order chi connectivity index (χ1) is 8.91. The molecule has 0 spiro atoms. The van der Waals surface area contributed by atoms with Crippen LogP contribution in [0.15, 0.2) is 18.2 Å². The molecular weight excluding hydrogens is 244 g/mol. The maximum absolute atomic E-state index is 11.9. The standard InChI is InChI=1S/C14H18N2O3/c1-9-5-4-6-10(2)13(9)16-8-12(17)15(3)7-11(16)14(18)19/h4-6,11H,7-8H2,1-3H3,(H,18,19). The molecule has 102 valence electrons. The van der Waals surface area contributed by atoms with Gasteiger partial charge in [0.15, 0.2) is 0 Å². The van der Waals surface area contributed by atoms with Gasteiger partial charge >= 0.3 is 5.97 Å². The van der Waals surface area contributed by atoms with Gasteiger partial charge in [-0.05, 0) is 25.0 Å². The summed E-state index contributed by atoms with van der Waals surface area (Å²) >= 11 is 0. The SMILES string of the molecule is Cc1cccc(C)c1N1CC(=O)N(C)CC1C(=O)O. The van der Waals surface area contributed by atoms with Crippen LogP contribution in [0.5, 0.6) is 0 Å². The zero-order valence-corrected chi connectivity index (χ0v) is 11.4. The second kappa shape index (κ2) is 4.91. The number of carboxylic acids is 1. The van der Waals surface area contributed by atoms with Crippen molar-refractivity contribution in [2.45, 2.75) is 19.9 Å². The number of anilines is 1. The van der Waals surface area contributed by atoms with Crippen molar-refractivity contribution in [1.29, 1.82) is 0 Å². The number of carbonyl (C=O) groups is 2. The summed E-state index contributed by atoms with van der Waals surface area (Å²) in [5, 5.41) is 9.38. The normalized spacial score (nSPS) is 19.7. The maximum Gasteiger partial charge on any atom is 0.328 e. The summed E-state index contributed by atoms with van der Waals surface area (Å²) in [5.41, 5.74) is 2.84. The Morgan fingerprint density at radius 3 is 2.42 bits per heavy atom. The summed E-state index contributed by atoms with van der Waals surface area (Å²) in [6.07, 6.45) is 0. The topological polar surface area (TPSA) is 60.9 Å². The van der Waals surface area contributed by atoms with E-state index in [1.54, 1.807) is 11.9 Å². The maximum atomic E-state index is 11.9. The van der Waals surface area contributed by atoms with Crippen molar-refractivity contribution in [3.05, 3.63) is 29.3 Å². The summed E-state index contributed by atoms with van der Waals surface area (Å²) in [7, 11) is 1.64. The van der Waals surface area contributed by atoms with Gasteiger partial charge < -0.3 is 14.9 Å². The molecule has 0 aromatic heterocycles. The first kappa shape index (κ1) is 13.4. The van der Waals surface area contributed by atoms with Crippen LogP contribution in [0.2, 0.25) is 0 Å². The number of amides is 1. The van der Waals surface area contributed by atoms with Gasteiger partial charge in [0.25, 0.3) is 0 Å². The van der Waals surface area contributed by atoms with E-state index in [2.05, 4.69) is 0 Å². The first-order valence-corrected chi connectivity index (χ1v) is 6.21. The van der Waals surface area contributed by atoms with Crippen LogP contribution in [-0.2, 0) is 9.59 Å². The van der Waals surface area contributed by atoms with Gasteiger partial charge in [-0.2, -0.15) is 0 Å². The van der Waals surface area contributed by atoms with Crippen LogP contribution in [0, 0.1) is 13.8 Å². The van der Waals surface area contributed by atoms with Gasteiger partial charge in [-0.3, -0.25) is 4.79 Å². The number of carbonyl (C=O) groups excluding carboxylic acids is 1. The van der Waals surface area contributed by atoms with Gasteiger partial charge in [-0.1, -0.05) is 18.2 Å². The van der Waals surface area contributed by atoms with Crippen molar-refractivity contribution >= 4 is 17.6 Å². The minimum Gasteiger partial charge on any atom is -0.480 e. The van der Waals surface area contributed by atoms with Crippen molar-refractivity contribution in [2.24, 2.45) is 0 Å². The second-order valence-corrected chi connectivity index (χ2v) is 5.00. The molecule has 1 aromatic rings. The Kier molecular flexibility index (Phi) is 3.46. The molecule has 5 nitrogen and oxygen atoms in total. The molecule has 1 aliphatic rings. The van der Waals surface area contributed by atoms with Crippen LogP contribution < -0.4 is 4.90 Å². The minimum absolute atomic E-state index is 0.0554. The number of benzene rings is 1. The lowest BCUT2D eigenvalue weighted by Crippen LogP contribution is -2.58. The Labute approximate surface area is 112 Å². The van der Waals surface area contributed by atoms with Crippen molar-refractivity contribution in [3.63, 3.8) is 0 Å². The zero-order valence-electron chi connectivity index (χ0n) is 11.4. The van der Waals surface area contributed by atoms with E-state index in [1.807, 2.05) is 32.0 Å². The molecule has 1 fully saturated rings. The van der Waals surface area contributed by atoms with Gasteiger partial charge in [-0.15, -0.1) is 0 Å². The number of hydrogen-bond acceptors (Lipinski definition) is 3. The number of carboxylic acid groups (broad SMARTS) is 1. The van der Waals surface area contributed by atoms with E-state index in [9.17, 15) is 14.7 Å². The van der Waals surface area contributed by atoms with E-state index < -0.39 is 12.0 Å². The lowest BCUT2D eigenvalue weighted by atomic mass is 10.0. The Morgan fingerprint density at radius 2 is 1.89 bits per heavy atom. The number of rotatable bonds is 2. The second-order valence-electron chi connectivity index (χ2n) is 5.00. The molecular formula is C14H18N2O3. The highest BCUT2D eigenvalue weighted by Crippen LogP contribution is 2.28. The average Bonchev–Trinajstić information content (AvgIpc) is 2.32. The predicted molar refractivity (Wildman–Crippen MR) is 72.3 cm³/mol. The molecule has 0 aliphatic carbocycles. The van der Waals surface area contributed by atoms with Crippen LogP contribution >= 0.6 is 0 Å². The van der Waals surface area contributed by atoms with Crippen LogP contribution in [0.4, 0.5) is 5.69 Å². The molecule has 1 heterocycles. The van der Waals surface area contributed by atoms with E-state index in [0.29, 0.717) is 0 Å². The van der Waals surface area contributed by atoms with Gasteiger partial charge in [-0.25, -0.2) is 4.79 Å². The highest BCUT2D eigenvalue weighted by Gasteiger charge is 2.36. The lowest BCUT2D eigenvalue weighted by molar-refractivity contribution is -0.141. The largest absolute Gasteiger partial charge is 0.480 e. The molecule has 0 radical (unpaired) electrons.